The molecule has 2 unspecified atom stereocenters. The van der Waals surface area contributed by atoms with E-state index in [2.05, 4.69) is 25.1 Å². The molecule has 2 N–H and O–H groups in total. The van der Waals surface area contributed by atoms with Crippen LogP contribution in [0.3, 0.4) is 0 Å². The Balaban J connectivity index is 1.53. The number of carbonyl (C=O) groups excluding carboxylic acids is 1. The fourth-order valence-corrected chi connectivity index (χ4v) is 7.04. The molecule has 3 aromatic rings. The van der Waals surface area contributed by atoms with Crippen LogP contribution in [0.2, 0.25) is 0 Å². The van der Waals surface area contributed by atoms with Gasteiger partial charge in [0.05, 0.1) is 11.5 Å². The lowest BCUT2D eigenvalue weighted by molar-refractivity contribution is 0.104. The molecule has 1 fully saturated rings. The summed E-state index contributed by atoms with van der Waals surface area (Å²) in [6, 6.07) is 16.5. The normalized spacial score (nSPS) is 19.1. The van der Waals surface area contributed by atoms with E-state index in [4.69, 9.17) is 10.5 Å². The summed E-state index contributed by atoms with van der Waals surface area (Å²) in [5.41, 5.74) is 10.3. The van der Waals surface area contributed by atoms with Crippen molar-refractivity contribution < 1.29 is 9.53 Å². The molecule has 0 bridgehead atoms. The Morgan fingerprint density at radius 1 is 0.886 bits per heavy atom. The lowest BCUT2D eigenvalue weighted by atomic mass is 9.83. The lowest BCUT2D eigenvalue weighted by Gasteiger charge is -2.30. The van der Waals surface area contributed by atoms with Crippen LogP contribution in [-0.4, -0.2) is 23.7 Å². The number of unbranched alkanes of at least 4 members (excludes halogenated alkanes) is 5. The first-order chi connectivity index (χ1) is 17.2. The summed E-state index contributed by atoms with van der Waals surface area (Å²) in [5, 5.41) is 2.57. The largest absolute Gasteiger partial charge is 0.492 e. The highest BCUT2D eigenvalue weighted by Gasteiger charge is 2.30. The molecule has 0 heterocycles. The molecule has 5 rings (SSSR count). The zero-order valence-corrected chi connectivity index (χ0v) is 21.7. The zero-order valence-electron chi connectivity index (χ0n) is 20.9. The SMILES string of the molecule is CCCCCCCCOc1cc2c3c(cccc3c1SC1CCCCC1N)C(=O)c1ccccc1-2. The first kappa shape index (κ1) is 24.4. The van der Waals surface area contributed by atoms with Crippen LogP contribution in [-0.2, 0) is 0 Å². The molecule has 3 nitrogen and oxygen atoms in total. The highest BCUT2D eigenvalue weighted by Crippen LogP contribution is 2.49. The van der Waals surface area contributed by atoms with E-state index in [1.165, 1.54) is 44.9 Å². The number of ketones is 1. The highest BCUT2D eigenvalue weighted by atomic mass is 32.2. The Morgan fingerprint density at radius 3 is 2.46 bits per heavy atom. The van der Waals surface area contributed by atoms with E-state index >= 15 is 0 Å². The second kappa shape index (κ2) is 11.2. The molecule has 2 aliphatic rings. The van der Waals surface area contributed by atoms with Crippen molar-refractivity contribution in [2.24, 2.45) is 5.73 Å². The minimum Gasteiger partial charge on any atom is -0.492 e. The van der Waals surface area contributed by atoms with Gasteiger partial charge < -0.3 is 10.5 Å². The van der Waals surface area contributed by atoms with E-state index < -0.39 is 0 Å². The van der Waals surface area contributed by atoms with Gasteiger partial charge in [-0.1, -0.05) is 94.3 Å². The Morgan fingerprint density at radius 2 is 1.63 bits per heavy atom. The van der Waals surface area contributed by atoms with Gasteiger partial charge in [-0.15, -0.1) is 11.8 Å². The number of ether oxygens (including phenoxy) is 1. The van der Waals surface area contributed by atoms with Gasteiger partial charge in [-0.05, 0) is 36.5 Å². The first-order valence-corrected chi connectivity index (χ1v) is 14.4. The van der Waals surface area contributed by atoms with Crippen molar-refractivity contribution in [2.45, 2.75) is 87.3 Å². The van der Waals surface area contributed by atoms with Crippen LogP contribution >= 0.6 is 11.8 Å². The zero-order chi connectivity index (χ0) is 24.2. The molecule has 2 atom stereocenters. The second-order valence-corrected chi connectivity index (χ2v) is 11.3. The van der Waals surface area contributed by atoms with E-state index in [0.717, 1.165) is 69.5 Å². The molecule has 0 radical (unpaired) electrons. The molecule has 0 saturated heterocycles. The van der Waals surface area contributed by atoms with Gasteiger partial charge in [0.2, 0.25) is 0 Å². The molecular formula is C31H37NO2S. The van der Waals surface area contributed by atoms with Gasteiger partial charge in [-0.3, -0.25) is 4.79 Å². The number of hydrogen-bond donors (Lipinski definition) is 1. The smallest absolute Gasteiger partial charge is 0.194 e. The summed E-state index contributed by atoms with van der Waals surface area (Å²) in [7, 11) is 0. The predicted molar refractivity (Wildman–Crippen MR) is 148 cm³/mol. The molecular weight excluding hydrogens is 450 g/mol. The van der Waals surface area contributed by atoms with Crippen LogP contribution in [0, 0.1) is 0 Å². The second-order valence-electron chi connectivity index (χ2n) is 10.1. The van der Waals surface area contributed by atoms with Crippen LogP contribution in [0.1, 0.15) is 87.1 Å². The monoisotopic (exact) mass is 487 g/mol. The summed E-state index contributed by atoms with van der Waals surface area (Å²) in [5.74, 6) is 1.06. The number of benzene rings is 3. The number of carbonyl (C=O) groups is 1. The number of hydrogen-bond acceptors (Lipinski definition) is 4. The molecule has 1 saturated carbocycles. The molecule has 3 aromatic carbocycles. The van der Waals surface area contributed by atoms with Gasteiger partial charge in [-0.25, -0.2) is 0 Å². The summed E-state index contributed by atoms with van der Waals surface area (Å²) < 4.78 is 6.53. The van der Waals surface area contributed by atoms with Crippen molar-refractivity contribution in [3.63, 3.8) is 0 Å². The van der Waals surface area contributed by atoms with Crippen molar-refractivity contribution in [3.05, 3.63) is 59.7 Å². The average molecular weight is 488 g/mol. The van der Waals surface area contributed by atoms with Gasteiger partial charge in [0.1, 0.15) is 5.75 Å². The van der Waals surface area contributed by atoms with E-state index in [1.807, 2.05) is 42.1 Å². The van der Waals surface area contributed by atoms with Crippen LogP contribution < -0.4 is 10.5 Å². The molecule has 0 aromatic heterocycles. The number of fused-ring (bicyclic) bond motifs is 2. The number of nitrogens with two attached hydrogens (primary N) is 1. The molecule has 35 heavy (non-hydrogen) atoms. The number of thioether (sulfide) groups is 1. The maximum absolute atomic E-state index is 13.4. The average Bonchev–Trinajstić information content (AvgIpc) is 2.89. The highest BCUT2D eigenvalue weighted by molar-refractivity contribution is 8.00. The third-order valence-corrected chi connectivity index (χ3v) is 9.11. The topological polar surface area (TPSA) is 52.3 Å². The standard InChI is InChI=1S/C31H37NO2S/c1-2-3-4-5-6-11-19-34-27-20-25-21-13-7-8-14-22(21)30(33)23-15-12-16-24(29(23)25)31(27)35-28-18-10-9-17-26(28)32/h7-8,12-16,20,26,28H,2-6,9-11,17-19,32H2,1H3. The Bertz CT molecular complexity index is 1200. The maximum Gasteiger partial charge on any atom is 0.194 e. The van der Waals surface area contributed by atoms with Crippen LogP contribution in [0.15, 0.2) is 53.4 Å². The Kier molecular flexibility index (Phi) is 7.79. The molecule has 0 aliphatic heterocycles. The minimum absolute atomic E-state index is 0.116. The fourth-order valence-electron chi connectivity index (χ4n) is 5.61. The Labute approximate surface area is 213 Å². The van der Waals surface area contributed by atoms with E-state index in [0.29, 0.717) is 5.25 Å². The molecule has 0 spiro atoms. The lowest BCUT2D eigenvalue weighted by Crippen LogP contribution is -2.35. The fraction of sp³-hybridized carbons (Fsp3) is 0.452. The third kappa shape index (κ3) is 5.01. The number of rotatable bonds is 10. The van der Waals surface area contributed by atoms with Gasteiger partial charge in [-0.2, -0.15) is 0 Å². The van der Waals surface area contributed by atoms with Gasteiger partial charge in [0, 0.05) is 33.2 Å². The van der Waals surface area contributed by atoms with Crippen molar-refractivity contribution in [2.75, 3.05) is 6.61 Å². The molecule has 4 heteroatoms. The van der Waals surface area contributed by atoms with E-state index in [1.54, 1.807) is 0 Å². The van der Waals surface area contributed by atoms with E-state index in [9.17, 15) is 4.79 Å². The maximum atomic E-state index is 13.4. The minimum atomic E-state index is 0.116. The van der Waals surface area contributed by atoms with Crippen LogP contribution in [0.25, 0.3) is 21.9 Å². The summed E-state index contributed by atoms with van der Waals surface area (Å²) in [6.07, 6.45) is 12.1. The molecule has 0 amide bonds. The predicted octanol–water partition coefficient (Wildman–Crippen LogP) is 8.15. The van der Waals surface area contributed by atoms with Crippen molar-refractivity contribution in [3.8, 4) is 16.9 Å². The van der Waals surface area contributed by atoms with Crippen molar-refractivity contribution in [1.82, 2.24) is 0 Å². The van der Waals surface area contributed by atoms with E-state index in [-0.39, 0.29) is 11.8 Å². The summed E-state index contributed by atoms with van der Waals surface area (Å²) >= 11 is 1.88. The third-order valence-electron chi connectivity index (χ3n) is 7.56. The van der Waals surface area contributed by atoms with Crippen molar-refractivity contribution in [1.29, 1.82) is 0 Å². The Hall–Kier alpha value is -2.30. The van der Waals surface area contributed by atoms with Crippen molar-refractivity contribution >= 4 is 28.3 Å². The van der Waals surface area contributed by atoms with Gasteiger partial charge in [0.25, 0.3) is 0 Å². The quantitative estimate of drug-likeness (QED) is 0.229. The first-order valence-electron chi connectivity index (χ1n) is 13.5. The van der Waals surface area contributed by atoms with Crippen LogP contribution in [0.5, 0.6) is 5.75 Å². The van der Waals surface area contributed by atoms with Crippen LogP contribution in [0.4, 0.5) is 0 Å². The summed E-state index contributed by atoms with van der Waals surface area (Å²) in [6.45, 7) is 2.98. The van der Waals surface area contributed by atoms with Gasteiger partial charge in [0.15, 0.2) is 5.78 Å². The molecule has 184 valence electrons. The van der Waals surface area contributed by atoms with Gasteiger partial charge >= 0.3 is 0 Å². The molecule has 2 aliphatic carbocycles. The summed E-state index contributed by atoms with van der Waals surface area (Å²) in [4.78, 5) is 14.6.